The molecule has 4 nitrogen and oxygen atoms in total. The number of benzene rings is 1. The first-order chi connectivity index (χ1) is 9.77. The Morgan fingerprint density at radius 3 is 2.29 bits per heavy atom. The van der Waals surface area contributed by atoms with Gasteiger partial charge in [0.05, 0.1) is 22.9 Å². The summed E-state index contributed by atoms with van der Waals surface area (Å²) in [5.74, 6) is 1.59. The van der Waals surface area contributed by atoms with Gasteiger partial charge in [-0.25, -0.2) is 0 Å². The average molecular weight is 356 g/mol. The van der Waals surface area contributed by atoms with E-state index in [9.17, 15) is 0 Å². The summed E-state index contributed by atoms with van der Waals surface area (Å²) in [5, 5.41) is 3.60. The standard InChI is InChI=1S/C16H22BrNO3/c1-15(2)9-14(16(3,4)21-15)18-11-8-13-12(7-10(11)17)19-5-6-20-13/h7-8,14,18H,5-6,9H2,1-4H3. The highest BCUT2D eigenvalue weighted by Gasteiger charge is 2.46. The third-order valence-electron chi connectivity index (χ3n) is 4.04. The van der Waals surface area contributed by atoms with Gasteiger partial charge in [-0.1, -0.05) is 0 Å². The summed E-state index contributed by atoms with van der Waals surface area (Å²) in [5.41, 5.74) is 0.691. The summed E-state index contributed by atoms with van der Waals surface area (Å²) in [7, 11) is 0. The molecule has 0 bridgehead atoms. The molecule has 116 valence electrons. The average Bonchev–Trinajstić information content (AvgIpc) is 2.58. The molecule has 1 aromatic rings. The molecule has 1 atom stereocenters. The third-order valence-corrected chi connectivity index (χ3v) is 4.69. The Morgan fingerprint density at radius 2 is 1.71 bits per heavy atom. The Morgan fingerprint density at radius 1 is 1.10 bits per heavy atom. The highest BCUT2D eigenvalue weighted by molar-refractivity contribution is 9.10. The molecule has 0 saturated carbocycles. The Bertz CT molecular complexity index is 557. The topological polar surface area (TPSA) is 39.7 Å². The lowest BCUT2D eigenvalue weighted by Crippen LogP contribution is -2.38. The van der Waals surface area contributed by atoms with E-state index >= 15 is 0 Å². The van der Waals surface area contributed by atoms with E-state index in [1.807, 2.05) is 12.1 Å². The SMILES string of the molecule is CC1(C)CC(Nc2cc3c(cc2Br)OCCO3)C(C)(C)O1. The maximum atomic E-state index is 6.14. The second-order valence-corrected chi connectivity index (χ2v) is 7.70. The number of ether oxygens (including phenoxy) is 3. The molecule has 0 spiro atoms. The predicted octanol–water partition coefficient (Wildman–Crippen LogP) is 3.98. The minimum atomic E-state index is -0.212. The zero-order valence-corrected chi connectivity index (χ0v) is 14.5. The number of nitrogens with one attached hydrogen (secondary N) is 1. The molecular formula is C16H22BrNO3. The lowest BCUT2D eigenvalue weighted by molar-refractivity contribution is -0.0662. The Hall–Kier alpha value is -0.940. The van der Waals surface area contributed by atoms with Crippen LogP contribution in [0, 0.1) is 0 Å². The molecule has 1 aromatic carbocycles. The molecule has 1 unspecified atom stereocenters. The molecule has 1 N–H and O–H groups in total. The van der Waals surface area contributed by atoms with Gasteiger partial charge < -0.3 is 19.5 Å². The predicted molar refractivity (Wildman–Crippen MR) is 86.4 cm³/mol. The Labute approximate surface area is 134 Å². The zero-order valence-electron chi connectivity index (χ0n) is 13.0. The summed E-state index contributed by atoms with van der Waals surface area (Å²) in [6.45, 7) is 9.73. The Balaban J connectivity index is 1.85. The van der Waals surface area contributed by atoms with Crippen molar-refractivity contribution in [2.45, 2.75) is 51.4 Å². The smallest absolute Gasteiger partial charge is 0.163 e. The van der Waals surface area contributed by atoms with E-state index in [0.717, 1.165) is 28.1 Å². The molecule has 21 heavy (non-hydrogen) atoms. The summed E-state index contributed by atoms with van der Waals surface area (Å²) in [4.78, 5) is 0. The van der Waals surface area contributed by atoms with Crippen molar-refractivity contribution in [1.82, 2.24) is 0 Å². The van der Waals surface area contributed by atoms with Crippen LogP contribution >= 0.6 is 15.9 Å². The number of halogens is 1. The first kappa shape index (κ1) is 15.0. The zero-order chi connectivity index (χ0) is 15.3. The number of hydrogen-bond donors (Lipinski definition) is 1. The fourth-order valence-corrected chi connectivity index (χ4v) is 3.59. The van der Waals surface area contributed by atoms with Gasteiger partial charge in [-0.2, -0.15) is 0 Å². The van der Waals surface area contributed by atoms with E-state index in [1.54, 1.807) is 0 Å². The van der Waals surface area contributed by atoms with E-state index in [0.29, 0.717) is 13.2 Å². The molecule has 0 radical (unpaired) electrons. The normalized spacial score (nSPS) is 25.7. The molecule has 2 aliphatic rings. The molecule has 2 aliphatic heterocycles. The molecule has 1 fully saturated rings. The van der Waals surface area contributed by atoms with Crippen molar-refractivity contribution in [3.63, 3.8) is 0 Å². The van der Waals surface area contributed by atoms with Crippen molar-refractivity contribution in [3.8, 4) is 11.5 Å². The van der Waals surface area contributed by atoms with Gasteiger partial charge >= 0.3 is 0 Å². The molecule has 2 heterocycles. The lowest BCUT2D eigenvalue weighted by Gasteiger charge is -2.29. The molecule has 5 heteroatoms. The highest BCUT2D eigenvalue weighted by atomic mass is 79.9. The van der Waals surface area contributed by atoms with E-state index in [2.05, 4.69) is 48.9 Å². The van der Waals surface area contributed by atoms with Gasteiger partial charge in [0.2, 0.25) is 0 Å². The molecule has 0 amide bonds. The first-order valence-corrected chi connectivity index (χ1v) is 8.12. The summed E-state index contributed by atoms with van der Waals surface area (Å²) in [6.07, 6.45) is 0.959. The first-order valence-electron chi connectivity index (χ1n) is 7.33. The van der Waals surface area contributed by atoms with Gasteiger partial charge in [-0.3, -0.25) is 0 Å². The van der Waals surface area contributed by atoms with Crippen molar-refractivity contribution in [3.05, 3.63) is 16.6 Å². The van der Waals surface area contributed by atoms with Crippen LogP contribution in [-0.4, -0.2) is 30.5 Å². The van der Waals surface area contributed by atoms with Gasteiger partial charge in [-0.15, -0.1) is 0 Å². The van der Waals surface area contributed by atoms with E-state index < -0.39 is 0 Å². The molecule has 0 aliphatic carbocycles. The van der Waals surface area contributed by atoms with Crippen LogP contribution < -0.4 is 14.8 Å². The van der Waals surface area contributed by atoms with Crippen molar-refractivity contribution in [1.29, 1.82) is 0 Å². The Kier molecular flexibility index (Phi) is 3.61. The van der Waals surface area contributed by atoms with Crippen LogP contribution in [0.25, 0.3) is 0 Å². The van der Waals surface area contributed by atoms with Crippen LogP contribution in [-0.2, 0) is 4.74 Å². The summed E-state index contributed by atoms with van der Waals surface area (Å²) >= 11 is 3.61. The second kappa shape index (κ2) is 5.06. The fourth-order valence-electron chi connectivity index (χ4n) is 3.15. The van der Waals surface area contributed by atoms with Gasteiger partial charge in [0.25, 0.3) is 0 Å². The third kappa shape index (κ3) is 2.99. The van der Waals surface area contributed by atoms with Crippen molar-refractivity contribution in [2.24, 2.45) is 0 Å². The maximum absolute atomic E-state index is 6.14. The number of rotatable bonds is 2. The fraction of sp³-hybridized carbons (Fsp3) is 0.625. The van der Waals surface area contributed by atoms with Gasteiger partial charge in [0, 0.05) is 16.6 Å². The van der Waals surface area contributed by atoms with Crippen molar-refractivity contribution in [2.75, 3.05) is 18.5 Å². The maximum Gasteiger partial charge on any atom is 0.163 e. The lowest BCUT2D eigenvalue weighted by atomic mass is 9.94. The molecule has 0 aromatic heterocycles. The van der Waals surface area contributed by atoms with Crippen LogP contribution in [0.4, 0.5) is 5.69 Å². The van der Waals surface area contributed by atoms with Crippen LogP contribution in [0.2, 0.25) is 0 Å². The van der Waals surface area contributed by atoms with E-state index in [4.69, 9.17) is 14.2 Å². The van der Waals surface area contributed by atoms with Crippen LogP contribution in [0.3, 0.4) is 0 Å². The van der Waals surface area contributed by atoms with Crippen molar-refractivity contribution >= 4 is 21.6 Å². The summed E-state index contributed by atoms with van der Waals surface area (Å²) < 4.78 is 18.4. The van der Waals surface area contributed by atoms with Gasteiger partial charge in [0.15, 0.2) is 11.5 Å². The number of fused-ring (bicyclic) bond motifs is 1. The second-order valence-electron chi connectivity index (χ2n) is 6.84. The minimum absolute atomic E-state index is 0.110. The monoisotopic (exact) mass is 355 g/mol. The van der Waals surface area contributed by atoms with Crippen LogP contribution in [0.5, 0.6) is 11.5 Å². The van der Waals surface area contributed by atoms with E-state index in [-0.39, 0.29) is 17.2 Å². The van der Waals surface area contributed by atoms with E-state index in [1.165, 1.54) is 0 Å². The molecular weight excluding hydrogens is 334 g/mol. The van der Waals surface area contributed by atoms with Gasteiger partial charge in [0.1, 0.15) is 13.2 Å². The largest absolute Gasteiger partial charge is 0.486 e. The number of anilines is 1. The van der Waals surface area contributed by atoms with Crippen molar-refractivity contribution < 1.29 is 14.2 Å². The quantitative estimate of drug-likeness (QED) is 0.870. The highest BCUT2D eigenvalue weighted by Crippen LogP contribution is 2.42. The van der Waals surface area contributed by atoms with Gasteiger partial charge in [-0.05, 0) is 50.0 Å². The molecule has 1 saturated heterocycles. The summed E-state index contributed by atoms with van der Waals surface area (Å²) in [6, 6.07) is 4.21. The molecule has 3 rings (SSSR count). The number of hydrogen-bond acceptors (Lipinski definition) is 4. The minimum Gasteiger partial charge on any atom is -0.486 e. The van der Waals surface area contributed by atoms with Crippen LogP contribution in [0.15, 0.2) is 16.6 Å². The van der Waals surface area contributed by atoms with Crippen LogP contribution in [0.1, 0.15) is 34.1 Å².